The molecule has 0 aliphatic heterocycles. The first-order valence-electron chi connectivity index (χ1n) is 28.5. The minimum Gasteiger partial charge on any atom is -0.462 e. The summed E-state index contributed by atoms with van der Waals surface area (Å²) in [6, 6.07) is 0. The summed E-state index contributed by atoms with van der Waals surface area (Å²) in [5.74, 6) is -0.427. The number of carbonyl (C=O) groups excluding carboxylic acids is 2. The molecular weight excluding hydrogens is 813 g/mol. The predicted octanol–water partition coefficient (Wildman–Crippen LogP) is 19.5. The highest BCUT2D eigenvalue weighted by Crippen LogP contribution is 2.16. The van der Waals surface area contributed by atoms with Crippen molar-refractivity contribution in [3.8, 4) is 0 Å². The normalized spacial score (nSPS) is 12.7. The van der Waals surface area contributed by atoms with Gasteiger partial charge in [0.1, 0.15) is 6.61 Å². The lowest BCUT2D eigenvalue weighted by Gasteiger charge is -2.18. The Morgan fingerprint density at radius 1 is 0.348 bits per heavy atom. The number of hydrogen-bond acceptors (Lipinski definition) is 5. The van der Waals surface area contributed by atoms with E-state index in [1.165, 1.54) is 161 Å². The monoisotopic (exact) mass is 921 g/mol. The average molecular weight is 922 g/mol. The van der Waals surface area contributed by atoms with Gasteiger partial charge in [-0.2, -0.15) is 0 Å². The summed E-state index contributed by atoms with van der Waals surface area (Å²) in [6.07, 6.45) is 73.5. The summed E-state index contributed by atoms with van der Waals surface area (Å²) in [5.41, 5.74) is 0. The zero-order valence-corrected chi connectivity index (χ0v) is 44.0. The fraction of sp³-hybridized carbons (Fsp3) is 0.770. The molecule has 0 heterocycles. The standard InChI is InChI=1S/C61H108O5/c1-4-7-10-13-16-19-22-25-28-30-31-33-34-36-39-42-45-48-51-54-60(62)65-58-59(57-64-56-53-50-47-44-41-38-27-24-21-18-15-12-9-6-3)66-61(63)55-52-49-46-43-40-37-35-32-29-26-23-20-17-14-11-8-5-2/h7,10,16,19,21,24-25,28,31,33,36,39,59H,4-6,8-9,11-15,17-18,20,22-23,26-27,29-30,32,34-35,37-38,40-58H2,1-3H3/b10-7-,19-16-,24-21-,28-25-,33-31-,39-36-. The molecule has 0 rings (SSSR count). The molecule has 0 spiro atoms. The second-order valence-electron chi connectivity index (χ2n) is 18.8. The first-order valence-corrected chi connectivity index (χ1v) is 28.5. The van der Waals surface area contributed by atoms with Crippen molar-refractivity contribution < 1.29 is 23.8 Å². The Kier molecular flexibility index (Phi) is 54.4. The molecule has 5 nitrogen and oxygen atoms in total. The second-order valence-corrected chi connectivity index (χ2v) is 18.8. The van der Waals surface area contributed by atoms with Gasteiger partial charge < -0.3 is 14.2 Å². The van der Waals surface area contributed by atoms with Crippen molar-refractivity contribution in [3.63, 3.8) is 0 Å². The molecule has 0 N–H and O–H groups in total. The van der Waals surface area contributed by atoms with Crippen LogP contribution < -0.4 is 0 Å². The average Bonchev–Trinajstić information content (AvgIpc) is 3.32. The van der Waals surface area contributed by atoms with Gasteiger partial charge >= 0.3 is 11.9 Å². The van der Waals surface area contributed by atoms with Crippen LogP contribution >= 0.6 is 0 Å². The Bertz CT molecular complexity index is 1180. The molecule has 0 aliphatic carbocycles. The zero-order valence-electron chi connectivity index (χ0n) is 44.0. The first-order chi connectivity index (χ1) is 32.6. The number of unbranched alkanes of at least 4 members (excludes halogenated alkanes) is 29. The van der Waals surface area contributed by atoms with Crippen LogP contribution in [0.3, 0.4) is 0 Å². The Morgan fingerprint density at radius 3 is 1.14 bits per heavy atom. The summed E-state index contributed by atoms with van der Waals surface area (Å²) in [4.78, 5) is 25.5. The number of rotatable bonds is 52. The summed E-state index contributed by atoms with van der Waals surface area (Å²) in [6.45, 7) is 7.69. The number of allylic oxidation sites excluding steroid dienone is 12. The topological polar surface area (TPSA) is 61.8 Å². The Hall–Kier alpha value is -2.66. The third-order valence-electron chi connectivity index (χ3n) is 12.2. The van der Waals surface area contributed by atoms with Crippen molar-refractivity contribution >= 4 is 11.9 Å². The fourth-order valence-corrected chi connectivity index (χ4v) is 8.00. The van der Waals surface area contributed by atoms with E-state index in [1.807, 2.05) is 0 Å². The summed E-state index contributed by atoms with van der Waals surface area (Å²) < 4.78 is 17.4. The summed E-state index contributed by atoms with van der Waals surface area (Å²) in [7, 11) is 0. The fourth-order valence-electron chi connectivity index (χ4n) is 8.00. The van der Waals surface area contributed by atoms with Gasteiger partial charge in [-0.15, -0.1) is 0 Å². The molecule has 0 bridgehead atoms. The van der Waals surface area contributed by atoms with Gasteiger partial charge in [-0.05, 0) is 89.9 Å². The van der Waals surface area contributed by atoms with Crippen molar-refractivity contribution in [2.24, 2.45) is 0 Å². The van der Waals surface area contributed by atoms with E-state index in [-0.39, 0.29) is 25.2 Å². The Labute approximate surface area is 410 Å². The van der Waals surface area contributed by atoms with E-state index in [0.29, 0.717) is 19.4 Å². The van der Waals surface area contributed by atoms with E-state index in [4.69, 9.17) is 14.2 Å². The third-order valence-corrected chi connectivity index (χ3v) is 12.2. The van der Waals surface area contributed by atoms with Crippen molar-refractivity contribution in [1.29, 1.82) is 0 Å². The maximum Gasteiger partial charge on any atom is 0.306 e. The van der Waals surface area contributed by atoms with Crippen LogP contribution in [-0.2, 0) is 23.8 Å². The van der Waals surface area contributed by atoms with E-state index in [2.05, 4.69) is 93.7 Å². The van der Waals surface area contributed by atoms with E-state index in [1.54, 1.807) is 0 Å². The molecule has 0 radical (unpaired) electrons. The third kappa shape index (κ3) is 54.0. The van der Waals surface area contributed by atoms with Crippen LogP contribution in [0, 0.1) is 0 Å². The molecule has 0 aromatic carbocycles. The van der Waals surface area contributed by atoms with Crippen LogP contribution in [0.5, 0.6) is 0 Å². The highest BCUT2D eigenvalue weighted by atomic mass is 16.6. The van der Waals surface area contributed by atoms with E-state index in [9.17, 15) is 9.59 Å². The van der Waals surface area contributed by atoms with Crippen LogP contribution in [0.2, 0.25) is 0 Å². The van der Waals surface area contributed by atoms with Crippen LogP contribution in [0.4, 0.5) is 0 Å². The maximum atomic E-state index is 12.9. The lowest BCUT2D eigenvalue weighted by molar-refractivity contribution is -0.163. The molecule has 0 saturated heterocycles. The predicted molar refractivity (Wildman–Crippen MR) is 288 cm³/mol. The van der Waals surface area contributed by atoms with Crippen LogP contribution in [0.1, 0.15) is 278 Å². The lowest BCUT2D eigenvalue weighted by Crippen LogP contribution is -2.30. The van der Waals surface area contributed by atoms with Gasteiger partial charge in [0.05, 0.1) is 6.61 Å². The van der Waals surface area contributed by atoms with Crippen molar-refractivity contribution in [2.75, 3.05) is 19.8 Å². The molecule has 0 aliphatic rings. The summed E-state index contributed by atoms with van der Waals surface area (Å²) >= 11 is 0. The van der Waals surface area contributed by atoms with Gasteiger partial charge in [0, 0.05) is 19.4 Å². The number of esters is 2. The van der Waals surface area contributed by atoms with Crippen molar-refractivity contribution in [1.82, 2.24) is 0 Å². The first kappa shape index (κ1) is 63.3. The number of ether oxygens (including phenoxy) is 3. The van der Waals surface area contributed by atoms with Gasteiger partial charge in [-0.25, -0.2) is 0 Å². The van der Waals surface area contributed by atoms with E-state index >= 15 is 0 Å². The van der Waals surface area contributed by atoms with Crippen LogP contribution in [-0.4, -0.2) is 37.9 Å². The maximum absolute atomic E-state index is 12.9. The quantitative estimate of drug-likeness (QED) is 0.0346. The molecule has 0 saturated carbocycles. The van der Waals surface area contributed by atoms with Gasteiger partial charge in [0.25, 0.3) is 0 Å². The SMILES string of the molecule is CC/C=C\C/C=C\C/C=C\C/C=C\C/C=C\CCCCCC(=O)OCC(COCCCCCCCC/C=C\CCCCCC)OC(=O)CCCCCCCCCCCCCCCCCCC. The smallest absolute Gasteiger partial charge is 0.306 e. The molecule has 0 amide bonds. The molecule has 1 atom stereocenters. The molecule has 0 aromatic heterocycles. The number of hydrogen-bond donors (Lipinski definition) is 0. The molecule has 382 valence electrons. The molecule has 0 aromatic rings. The highest BCUT2D eigenvalue weighted by Gasteiger charge is 2.17. The van der Waals surface area contributed by atoms with E-state index < -0.39 is 6.10 Å². The van der Waals surface area contributed by atoms with Crippen molar-refractivity contribution in [3.05, 3.63) is 72.9 Å². The van der Waals surface area contributed by atoms with Crippen LogP contribution in [0.25, 0.3) is 0 Å². The second kappa shape index (κ2) is 56.7. The van der Waals surface area contributed by atoms with Gasteiger partial charge in [0.2, 0.25) is 0 Å². The molecule has 66 heavy (non-hydrogen) atoms. The molecule has 1 unspecified atom stereocenters. The minimum absolute atomic E-state index is 0.0663. The lowest BCUT2D eigenvalue weighted by atomic mass is 10.0. The molecule has 0 fully saturated rings. The Morgan fingerprint density at radius 2 is 0.682 bits per heavy atom. The summed E-state index contributed by atoms with van der Waals surface area (Å²) in [5, 5.41) is 0. The Balaban J connectivity index is 4.32. The van der Waals surface area contributed by atoms with Gasteiger partial charge in [-0.1, -0.05) is 248 Å². The van der Waals surface area contributed by atoms with Gasteiger partial charge in [0.15, 0.2) is 6.10 Å². The molecular formula is C61H108O5. The van der Waals surface area contributed by atoms with Gasteiger partial charge in [-0.3, -0.25) is 9.59 Å². The van der Waals surface area contributed by atoms with Crippen LogP contribution in [0.15, 0.2) is 72.9 Å². The number of carbonyl (C=O) groups is 2. The minimum atomic E-state index is -0.553. The largest absolute Gasteiger partial charge is 0.462 e. The van der Waals surface area contributed by atoms with Crippen molar-refractivity contribution in [2.45, 2.75) is 284 Å². The van der Waals surface area contributed by atoms with E-state index in [0.717, 1.165) is 83.5 Å². The zero-order chi connectivity index (χ0) is 47.7. The molecule has 5 heteroatoms. The highest BCUT2D eigenvalue weighted by molar-refractivity contribution is 5.70.